The van der Waals surface area contributed by atoms with Crippen LogP contribution in [0.25, 0.3) is 0 Å². The zero-order chi connectivity index (χ0) is 21.8. The second-order valence-electron chi connectivity index (χ2n) is 7.85. The number of methoxy groups -OCH3 is 1. The molecule has 1 aliphatic heterocycles. The van der Waals surface area contributed by atoms with Crippen LogP contribution in [0.2, 0.25) is 0 Å². The molecule has 0 saturated carbocycles. The van der Waals surface area contributed by atoms with Gasteiger partial charge in [0.05, 0.1) is 13.2 Å². The zero-order valence-corrected chi connectivity index (χ0v) is 18.2. The van der Waals surface area contributed by atoms with Gasteiger partial charge in [-0.25, -0.2) is 0 Å². The zero-order valence-electron chi connectivity index (χ0n) is 18.2. The van der Waals surface area contributed by atoms with Gasteiger partial charge in [0.25, 0.3) is 5.91 Å². The number of nitrogens with zero attached hydrogens (tertiary/aromatic N) is 2. The normalized spacial score (nSPS) is 16.9. The van der Waals surface area contributed by atoms with Crippen molar-refractivity contribution in [1.82, 2.24) is 9.80 Å². The van der Waals surface area contributed by atoms with Crippen molar-refractivity contribution in [3.8, 4) is 11.5 Å². The summed E-state index contributed by atoms with van der Waals surface area (Å²) in [4.78, 5) is 17.6. The number of rotatable bonds is 6. The van der Waals surface area contributed by atoms with E-state index in [0.29, 0.717) is 29.6 Å². The maximum absolute atomic E-state index is 13.5. The van der Waals surface area contributed by atoms with Crippen LogP contribution in [0.5, 0.6) is 11.5 Å². The highest BCUT2D eigenvalue weighted by Crippen LogP contribution is 2.30. The summed E-state index contributed by atoms with van der Waals surface area (Å²) < 4.78 is 17.1. The molecular formula is C25H28N2O4. The molecule has 6 nitrogen and oxygen atoms in total. The van der Waals surface area contributed by atoms with Crippen molar-refractivity contribution in [2.24, 2.45) is 0 Å². The van der Waals surface area contributed by atoms with Crippen molar-refractivity contribution in [3.63, 3.8) is 0 Å². The number of aryl methyl sites for hydroxylation is 1. The Labute approximate surface area is 183 Å². The number of ether oxygens (including phenoxy) is 2. The first-order valence-electron chi connectivity index (χ1n) is 10.5. The minimum Gasteiger partial charge on any atom is -0.493 e. The molecule has 0 spiro atoms. The molecule has 1 aromatic heterocycles. The Morgan fingerprint density at radius 1 is 1.06 bits per heavy atom. The molecule has 1 aliphatic rings. The number of carbonyl (C=O) groups is 1. The fourth-order valence-corrected chi connectivity index (χ4v) is 3.97. The van der Waals surface area contributed by atoms with Gasteiger partial charge in [-0.1, -0.05) is 42.5 Å². The fourth-order valence-electron chi connectivity index (χ4n) is 3.97. The average Bonchev–Trinajstić information content (AvgIpc) is 3.18. The second-order valence-corrected chi connectivity index (χ2v) is 7.85. The maximum Gasteiger partial charge on any atom is 0.290 e. The van der Waals surface area contributed by atoms with Crippen LogP contribution in [0.1, 0.15) is 33.5 Å². The van der Waals surface area contributed by atoms with E-state index in [4.69, 9.17) is 13.9 Å². The third-order valence-corrected chi connectivity index (χ3v) is 5.63. The van der Waals surface area contributed by atoms with E-state index < -0.39 is 0 Å². The van der Waals surface area contributed by atoms with Crippen molar-refractivity contribution in [1.29, 1.82) is 0 Å². The highest BCUT2D eigenvalue weighted by atomic mass is 16.5. The number of carbonyl (C=O) groups excluding carboxylic acids is 1. The van der Waals surface area contributed by atoms with Crippen molar-refractivity contribution in [3.05, 3.63) is 83.3 Å². The van der Waals surface area contributed by atoms with E-state index in [2.05, 4.69) is 24.1 Å². The Bertz CT molecular complexity index is 1030. The molecule has 6 heteroatoms. The van der Waals surface area contributed by atoms with Gasteiger partial charge in [-0.3, -0.25) is 4.79 Å². The minimum absolute atomic E-state index is 0.00905. The van der Waals surface area contributed by atoms with E-state index in [1.807, 2.05) is 60.4 Å². The summed E-state index contributed by atoms with van der Waals surface area (Å²) in [6, 6.07) is 19.5. The predicted molar refractivity (Wildman–Crippen MR) is 118 cm³/mol. The third kappa shape index (κ3) is 4.59. The van der Waals surface area contributed by atoms with Gasteiger partial charge < -0.3 is 23.7 Å². The summed E-state index contributed by atoms with van der Waals surface area (Å²) in [7, 11) is 3.69. The van der Waals surface area contributed by atoms with E-state index >= 15 is 0 Å². The van der Waals surface area contributed by atoms with Gasteiger partial charge >= 0.3 is 0 Å². The van der Waals surface area contributed by atoms with Crippen LogP contribution >= 0.6 is 0 Å². The number of para-hydroxylation sites is 2. The van der Waals surface area contributed by atoms with E-state index in [-0.39, 0.29) is 18.6 Å². The number of amides is 1. The first-order valence-corrected chi connectivity index (χ1v) is 10.5. The molecule has 1 atom stereocenters. The summed E-state index contributed by atoms with van der Waals surface area (Å²) in [6.07, 6.45) is 0. The van der Waals surface area contributed by atoms with Crippen LogP contribution in [0, 0.1) is 6.92 Å². The van der Waals surface area contributed by atoms with Gasteiger partial charge in [0.1, 0.15) is 12.4 Å². The third-order valence-electron chi connectivity index (χ3n) is 5.63. The standard InChI is InChI=1S/C25H28N2O4/c1-18-15-20(17-30-23-12-8-7-11-22(23)29-3)31-24(18)25(28)27-14-13-26(2)16-21(27)19-9-5-4-6-10-19/h4-12,15,21H,13-14,16-17H2,1-3H3/t21-/m0/s1. The molecule has 0 unspecified atom stereocenters. The quantitative estimate of drug-likeness (QED) is 0.595. The summed E-state index contributed by atoms with van der Waals surface area (Å²) in [5.41, 5.74) is 1.95. The topological polar surface area (TPSA) is 55.2 Å². The molecule has 2 aromatic carbocycles. The van der Waals surface area contributed by atoms with Crippen molar-refractivity contribution < 1.29 is 18.7 Å². The molecule has 0 aliphatic carbocycles. The lowest BCUT2D eigenvalue weighted by molar-refractivity contribution is 0.0463. The van der Waals surface area contributed by atoms with Crippen LogP contribution in [-0.4, -0.2) is 49.5 Å². The fraction of sp³-hybridized carbons (Fsp3) is 0.320. The van der Waals surface area contributed by atoms with Gasteiger partial charge in [-0.05, 0) is 37.7 Å². The van der Waals surface area contributed by atoms with Gasteiger partial charge in [0.15, 0.2) is 17.3 Å². The summed E-state index contributed by atoms with van der Waals surface area (Å²) in [5, 5.41) is 0. The van der Waals surface area contributed by atoms with Crippen LogP contribution in [0.15, 0.2) is 65.1 Å². The Balaban J connectivity index is 1.52. The predicted octanol–water partition coefficient (Wildman–Crippen LogP) is 4.30. The highest BCUT2D eigenvalue weighted by molar-refractivity contribution is 5.93. The Hall–Kier alpha value is -3.25. The summed E-state index contributed by atoms with van der Waals surface area (Å²) in [6.45, 7) is 4.40. The molecule has 1 amide bonds. The maximum atomic E-state index is 13.5. The van der Waals surface area contributed by atoms with Crippen molar-refractivity contribution >= 4 is 5.91 Å². The number of hydrogen-bond acceptors (Lipinski definition) is 5. The first-order chi connectivity index (χ1) is 15.1. The molecule has 2 heterocycles. The molecule has 1 saturated heterocycles. The second kappa shape index (κ2) is 9.27. The number of hydrogen-bond donors (Lipinski definition) is 0. The van der Waals surface area contributed by atoms with E-state index in [1.54, 1.807) is 7.11 Å². The molecule has 0 N–H and O–H groups in total. The Morgan fingerprint density at radius 3 is 2.52 bits per heavy atom. The van der Waals surface area contributed by atoms with Gasteiger partial charge in [0.2, 0.25) is 0 Å². The molecule has 4 rings (SSSR count). The average molecular weight is 421 g/mol. The monoisotopic (exact) mass is 420 g/mol. The molecule has 0 radical (unpaired) electrons. The molecule has 0 bridgehead atoms. The molecule has 3 aromatic rings. The van der Waals surface area contributed by atoms with Gasteiger partial charge in [0, 0.05) is 25.2 Å². The van der Waals surface area contributed by atoms with Crippen molar-refractivity contribution in [2.75, 3.05) is 33.8 Å². The van der Waals surface area contributed by atoms with E-state index in [1.165, 1.54) is 0 Å². The molecule has 162 valence electrons. The van der Waals surface area contributed by atoms with Crippen LogP contribution in [-0.2, 0) is 6.61 Å². The van der Waals surface area contributed by atoms with E-state index in [9.17, 15) is 4.79 Å². The Morgan fingerprint density at radius 2 is 1.77 bits per heavy atom. The molecular weight excluding hydrogens is 392 g/mol. The Kier molecular flexibility index (Phi) is 6.28. The lowest BCUT2D eigenvalue weighted by atomic mass is 10.0. The first kappa shape index (κ1) is 21.0. The van der Waals surface area contributed by atoms with Crippen LogP contribution < -0.4 is 9.47 Å². The number of benzene rings is 2. The minimum atomic E-state index is -0.0806. The van der Waals surface area contributed by atoms with Crippen molar-refractivity contribution in [2.45, 2.75) is 19.6 Å². The van der Waals surface area contributed by atoms with Crippen LogP contribution in [0.4, 0.5) is 0 Å². The smallest absolute Gasteiger partial charge is 0.290 e. The van der Waals surface area contributed by atoms with E-state index in [0.717, 1.165) is 24.2 Å². The molecule has 31 heavy (non-hydrogen) atoms. The largest absolute Gasteiger partial charge is 0.493 e. The lowest BCUT2D eigenvalue weighted by Gasteiger charge is -2.40. The lowest BCUT2D eigenvalue weighted by Crippen LogP contribution is -2.49. The summed E-state index contributed by atoms with van der Waals surface area (Å²) in [5.74, 6) is 2.20. The number of likely N-dealkylation sites (N-methyl/N-ethyl adjacent to an activating group) is 1. The highest BCUT2D eigenvalue weighted by Gasteiger charge is 2.33. The number of piperazine rings is 1. The van der Waals surface area contributed by atoms with Crippen LogP contribution in [0.3, 0.4) is 0 Å². The SMILES string of the molecule is COc1ccccc1OCc1cc(C)c(C(=O)N2CCN(C)C[C@H]2c2ccccc2)o1. The van der Waals surface area contributed by atoms with Gasteiger partial charge in [-0.15, -0.1) is 0 Å². The summed E-state index contributed by atoms with van der Waals surface area (Å²) >= 11 is 0. The molecule has 1 fully saturated rings. The number of furan rings is 1. The van der Waals surface area contributed by atoms with Gasteiger partial charge in [-0.2, -0.15) is 0 Å².